The van der Waals surface area contributed by atoms with Gasteiger partial charge in [-0.1, -0.05) is 0 Å². The standard InChI is InChI=1S/C15H17N3O3S2/c1-11-16-13(10-22-11)6-9-15(19)17-12-4-7-14(8-5-12)23(20,21)18(2)3/h4-10H,1-3H3,(H,17,19)/b9-6+. The molecule has 0 radical (unpaired) electrons. The Morgan fingerprint density at radius 1 is 1.26 bits per heavy atom. The minimum Gasteiger partial charge on any atom is -0.323 e. The van der Waals surface area contributed by atoms with Gasteiger partial charge >= 0.3 is 0 Å². The summed E-state index contributed by atoms with van der Waals surface area (Å²) in [7, 11) is -0.530. The van der Waals surface area contributed by atoms with Gasteiger partial charge < -0.3 is 5.32 Å². The molecule has 2 aromatic rings. The predicted octanol–water partition coefficient (Wildman–Crippen LogP) is 2.35. The first-order valence-corrected chi connectivity index (χ1v) is 9.05. The summed E-state index contributed by atoms with van der Waals surface area (Å²) in [5, 5.41) is 5.46. The number of hydrogen-bond acceptors (Lipinski definition) is 5. The Hall–Kier alpha value is -2.03. The highest BCUT2D eigenvalue weighted by molar-refractivity contribution is 7.89. The lowest BCUT2D eigenvalue weighted by atomic mass is 10.3. The van der Waals surface area contributed by atoms with Crippen LogP contribution in [0.1, 0.15) is 10.7 Å². The topological polar surface area (TPSA) is 79.4 Å². The van der Waals surface area contributed by atoms with Crippen molar-refractivity contribution in [2.45, 2.75) is 11.8 Å². The number of aromatic nitrogens is 1. The molecule has 1 aromatic carbocycles. The molecule has 122 valence electrons. The highest BCUT2D eigenvalue weighted by atomic mass is 32.2. The van der Waals surface area contributed by atoms with Crippen LogP contribution in [0, 0.1) is 6.92 Å². The maximum Gasteiger partial charge on any atom is 0.248 e. The molecule has 0 aliphatic heterocycles. The van der Waals surface area contributed by atoms with Gasteiger partial charge in [-0.2, -0.15) is 0 Å². The molecule has 1 heterocycles. The van der Waals surface area contributed by atoms with Crippen molar-refractivity contribution in [3.05, 3.63) is 46.4 Å². The normalized spacial score (nSPS) is 12.0. The predicted molar refractivity (Wildman–Crippen MR) is 91.8 cm³/mol. The number of anilines is 1. The summed E-state index contributed by atoms with van der Waals surface area (Å²) in [4.78, 5) is 16.2. The highest BCUT2D eigenvalue weighted by Crippen LogP contribution is 2.16. The van der Waals surface area contributed by atoms with Crippen LogP contribution in [0.5, 0.6) is 0 Å². The zero-order valence-corrected chi connectivity index (χ0v) is 14.6. The monoisotopic (exact) mass is 351 g/mol. The molecule has 1 aromatic heterocycles. The minimum absolute atomic E-state index is 0.175. The number of sulfonamides is 1. The number of amides is 1. The van der Waals surface area contributed by atoms with Crippen LogP contribution in [-0.4, -0.2) is 37.7 Å². The van der Waals surface area contributed by atoms with E-state index in [1.54, 1.807) is 18.2 Å². The van der Waals surface area contributed by atoms with Gasteiger partial charge in [-0.25, -0.2) is 17.7 Å². The summed E-state index contributed by atoms with van der Waals surface area (Å²) in [5.41, 5.74) is 1.25. The first kappa shape index (κ1) is 17.3. The van der Waals surface area contributed by atoms with Crippen LogP contribution in [-0.2, 0) is 14.8 Å². The lowest BCUT2D eigenvalue weighted by Crippen LogP contribution is -2.22. The molecule has 0 saturated heterocycles. The van der Waals surface area contributed by atoms with Gasteiger partial charge in [0.25, 0.3) is 0 Å². The molecule has 0 spiro atoms. The Bertz CT molecular complexity index is 822. The summed E-state index contributed by atoms with van der Waals surface area (Å²) in [6, 6.07) is 6.02. The maximum absolute atomic E-state index is 11.9. The number of rotatable bonds is 5. The smallest absolute Gasteiger partial charge is 0.248 e. The van der Waals surface area contributed by atoms with Gasteiger partial charge in [0.2, 0.25) is 15.9 Å². The number of benzene rings is 1. The highest BCUT2D eigenvalue weighted by Gasteiger charge is 2.16. The van der Waals surface area contributed by atoms with E-state index >= 15 is 0 Å². The summed E-state index contributed by atoms with van der Waals surface area (Å²) in [6.07, 6.45) is 3.02. The Kier molecular flexibility index (Phi) is 5.30. The van der Waals surface area contributed by atoms with Crippen LogP contribution in [0.4, 0.5) is 5.69 Å². The second kappa shape index (κ2) is 7.03. The molecule has 6 nitrogen and oxygen atoms in total. The molecule has 2 rings (SSSR count). The largest absolute Gasteiger partial charge is 0.323 e. The Morgan fingerprint density at radius 3 is 2.43 bits per heavy atom. The molecule has 0 saturated carbocycles. The van der Waals surface area contributed by atoms with Crippen LogP contribution >= 0.6 is 11.3 Å². The van der Waals surface area contributed by atoms with Gasteiger partial charge in [-0.3, -0.25) is 4.79 Å². The zero-order chi connectivity index (χ0) is 17.0. The fourth-order valence-corrected chi connectivity index (χ4v) is 3.21. The average Bonchev–Trinajstić information content (AvgIpc) is 2.91. The van der Waals surface area contributed by atoms with E-state index in [9.17, 15) is 13.2 Å². The molecular formula is C15H17N3O3S2. The minimum atomic E-state index is -3.47. The molecule has 0 bridgehead atoms. The van der Waals surface area contributed by atoms with Crippen LogP contribution in [0.3, 0.4) is 0 Å². The third-order valence-corrected chi connectivity index (χ3v) is 5.56. The molecule has 0 atom stereocenters. The first-order valence-electron chi connectivity index (χ1n) is 6.73. The van der Waals surface area contributed by atoms with Crippen LogP contribution < -0.4 is 5.32 Å². The van der Waals surface area contributed by atoms with Gasteiger partial charge in [0, 0.05) is 31.2 Å². The summed E-state index contributed by atoms with van der Waals surface area (Å²) < 4.78 is 25.0. The number of nitrogens with one attached hydrogen (secondary N) is 1. The second-order valence-electron chi connectivity index (χ2n) is 4.93. The van der Waals surface area contributed by atoms with Crippen molar-refractivity contribution < 1.29 is 13.2 Å². The van der Waals surface area contributed by atoms with Gasteiger partial charge in [-0.15, -0.1) is 11.3 Å². The number of nitrogens with zero attached hydrogens (tertiary/aromatic N) is 2. The van der Waals surface area contributed by atoms with Crippen LogP contribution in [0.25, 0.3) is 6.08 Å². The summed E-state index contributed by atoms with van der Waals surface area (Å²) >= 11 is 1.51. The van der Waals surface area contributed by atoms with Gasteiger partial charge in [0.1, 0.15) is 0 Å². The fourth-order valence-electron chi connectivity index (χ4n) is 1.72. The zero-order valence-electron chi connectivity index (χ0n) is 13.0. The average molecular weight is 351 g/mol. The van der Waals surface area contributed by atoms with Crippen molar-refractivity contribution in [3.8, 4) is 0 Å². The Balaban J connectivity index is 2.03. The van der Waals surface area contributed by atoms with Crippen LogP contribution in [0.15, 0.2) is 40.6 Å². The van der Waals surface area contributed by atoms with E-state index in [1.165, 1.54) is 43.6 Å². The summed E-state index contributed by atoms with van der Waals surface area (Å²) in [6.45, 7) is 1.89. The molecule has 23 heavy (non-hydrogen) atoms. The van der Waals surface area contributed by atoms with Crippen LogP contribution in [0.2, 0.25) is 0 Å². The van der Waals surface area contributed by atoms with Gasteiger partial charge in [0.15, 0.2) is 0 Å². The lowest BCUT2D eigenvalue weighted by molar-refractivity contribution is -0.111. The molecule has 1 N–H and O–H groups in total. The maximum atomic E-state index is 11.9. The van der Waals surface area contributed by atoms with E-state index in [4.69, 9.17) is 0 Å². The first-order chi connectivity index (χ1) is 10.8. The number of carbonyl (C=O) groups excluding carboxylic acids is 1. The van der Waals surface area contributed by atoms with E-state index in [2.05, 4.69) is 10.3 Å². The Labute approximate surface area is 139 Å². The number of carbonyl (C=O) groups is 1. The molecule has 0 unspecified atom stereocenters. The van der Waals surface area contributed by atoms with Crippen molar-refractivity contribution in [1.82, 2.24) is 9.29 Å². The number of thiazole rings is 1. The molecule has 8 heteroatoms. The third kappa shape index (κ3) is 4.47. The molecule has 0 fully saturated rings. The van der Waals surface area contributed by atoms with E-state index in [-0.39, 0.29) is 10.8 Å². The van der Waals surface area contributed by atoms with E-state index < -0.39 is 10.0 Å². The van der Waals surface area contributed by atoms with Crippen molar-refractivity contribution in [2.24, 2.45) is 0 Å². The lowest BCUT2D eigenvalue weighted by Gasteiger charge is -2.11. The Morgan fingerprint density at radius 2 is 1.91 bits per heavy atom. The quantitative estimate of drug-likeness (QED) is 0.839. The molecule has 1 amide bonds. The summed E-state index contributed by atoms with van der Waals surface area (Å²) in [5.74, 6) is -0.307. The van der Waals surface area contributed by atoms with Crippen molar-refractivity contribution >= 4 is 39.0 Å². The van der Waals surface area contributed by atoms with Gasteiger partial charge in [-0.05, 0) is 37.3 Å². The number of aryl methyl sites for hydroxylation is 1. The van der Waals surface area contributed by atoms with Crippen molar-refractivity contribution in [2.75, 3.05) is 19.4 Å². The van der Waals surface area contributed by atoms with E-state index in [0.717, 1.165) is 15.0 Å². The van der Waals surface area contributed by atoms with Crippen molar-refractivity contribution in [3.63, 3.8) is 0 Å². The third-order valence-electron chi connectivity index (χ3n) is 2.94. The number of hydrogen-bond donors (Lipinski definition) is 1. The molecule has 0 aliphatic carbocycles. The molecular weight excluding hydrogens is 334 g/mol. The second-order valence-corrected chi connectivity index (χ2v) is 8.14. The molecule has 0 aliphatic rings. The van der Waals surface area contributed by atoms with E-state index in [1.807, 2.05) is 12.3 Å². The van der Waals surface area contributed by atoms with E-state index in [0.29, 0.717) is 5.69 Å². The van der Waals surface area contributed by atoms with Crippen molar-refractivity contribution in [1.29, 1.82) is 0 Å². The van der Waals surface area contributed by atoms with Gasteiger partial charge in [0.05, 0.1) is 15.6 Å². The fraction of sp³-hybridized carbons (Fsp3) is 0.200. The SMILES string of the molecule is Cc1nc(/C=C/C(=O)Nc2ccc(S(=O)(=O)N(C)C)cc2)cs1.